The first-order valence-electron chi connectivity index (χ1n) is 8.52. The van der Waals surface area contributed by atoms with Crippen LogP contribution in [0.2, 0.25) is 0 Å². The quantitative estimate of drug-likeness (QED) is 0.671. The summed E-state index contributed by atoms with van der Waals surface area (Å²) in [5.41, 5.74) is 2.26. The number of carbonyl (C=O) groups is 1. The normalized spacial score (nSPS) is 19.2. The van der Waals surface area contributed by atoms with Crippen LogP contribution in [-0.4, -0.2) is 42.2 Å². The fraction of sp³-hybridized carbons (Fsp3) is 0.200. The molecular formula is C20H18BrN3OS. The second kappa shape index (κ2) is 7.68. The standard InChI is InChI=1S/C20H18BrN3OS/c21-16-8-6-15(7-9-16)14-18-19(25)22-20(26-18)24-12-10-23(11-13-24)17-4-2-1-3-5-17/h1-9,14H,10-13H2/b18-14-. The highest BCUT2D eigenvalue weighted by molar-refractivity contribution is 9.10. The lowest BCUT2D eigenvalue weighted by molar-refractivity contribution is -0.113. The molecule has 2 aromatic rings. The Kier molecular flexibility index (Phi) is 5.13. The third-order valence-electron chi connectivity index (χ3n) is 4.45. The van der Waals surface area contributed by atoms with Crippen LogP contribution in [0.3, 0.4) is 0 Å². The lowest BCUT2D eigenvalue weighted by Crippen LogP contribution is -2.47. The Balaban J connectivity index is 1.40. The van der Waals surface area contributed by atoms with Crippen LogP contribution in [0.1, 0.15) is 5.56 Å². The highest BCUT2D eigenvalue weighted by Gasteiger charge is 2.28. The number of nitrogens with zero attached hydrogens (tertiary/aromatic N) is 3. The van der Waals surface area contributed by atoms with Crippen LogP contribution in [0.5, 0.6) is 0 Å². The van der Waals surface area contributed by atoms with Crippen molar-refractivity contribution < 1.29 is 4.79 Å². The SMILES string of the molecule is O=C1N=C(N2CCN(c3ccccc3)CC2)S/C1=C\c1ccc(Br)cc1. The molecule has 2 aromatic carbocycles. The predicted octanol–water partition coefficient (Wildman–Crippen LogP) is 4.24. The molecule has 26 heavy (non-hydrogen) atoms. The summed E-state index contributed by atoms with van der Waals surface area (Å²) in [6.07, 6.45) is 1.91. The molecule has 0 spiro atoms. The van der Waals surface area contributed by atoms with Gasteiger partial charge < -0.3 is 9.80 Å². The van der Waals surface area contributed by atoms with Crippen molar-refractivity contribution in [3.8, 4) is 0 Å². The minimum Gasteiger partial charge on any atom is -0.368 e. The van der Waals surface area contributed by atoms with Gasteiger partial charge in [-0.1, -0.05) is 46.3 Å². The van der Waals surface area contributed by atoms with E-state index in [0.717, 1.165) is 41.4 Å². The van der Waals surface area contributed by atoms with Gasteiger partial charge in [-0.05, 0) is 47.7 Å². The van der Waals surface area contributed by atoms with E-state index in [0.29, 0.717) is 4.91 Å². The number of amides is 1. The third kappa shape index (κ3) is 3.86. The summed E-state index contributed by atoms with van der Waals surface area (Å²) in [4.78, 5) is 21.8. The molecule has 2 heterocycles. The van der Waals surface area contributed by atoms with Crippen molar-refractivity contribution in [1.82, 2.24) is 4.90 Å². The highest BCUT2D eigenvalue weighted by Crippen LogP contribution is 2.31. The molecule has 1 saturated heterocycles. The molecule has 2 aliphatic rings. The van der Waals surface area contributed by atoms with E-state index in [2.05, 4.69) is 55.0 Å². The average molecular weight is 428 g/mol. The molecule has 1 amide bonds. The summed E-state index contributed by atoms with van der Waals surface area (Å²) in [6.45, 7) is 3.62. The molecule has 0 bridgehead atoms. The molecule has 4 rings (SSSR count). The van der Waals surface area contributed by atoms with Crippen LogP contribution in [-0.2, 0) is 4.79 Å². The van der Waals surface area contributed by atoms with Crippen molar-refractivity contribution in [2.24, 2.45) is 4.99 Å². The van der Waals surface area contributed by atoms with Crippen molar-refractivity contribution in [2.75, 3.05) is 31.1 Å². The second-order valence-corrected chi connectivity index (χ2v) is 8.10. The van der Waals surface area contributed by atoms with Crippen molar-refractivity contribution in [3.63, 3.8) is 0 Å². The van der Waals surface area contributed by atoms with Crippen molar-refractivity contribution >= 4 is 50.5 Å². The van der Waals surface area contributed by atoms with Gasteiger partial charge in [0.05, 0.1) is 4.91 Å². The fourth-order valence-corrected chi connectivity index (χ4v) is 4.27. The Morgan fingerprint density at radius 3 is 2.27 bits per heavy atom. The largest absolute Gasteiger partial charge is 0.368 e. The number of halogens is 1. The zero-order chi connectivity index (χ0) is 17.9. The van der Waals surface area contributed by atoms with E-state index in [1.54, 1.807) is 0 Å². The van der Waals surface area contributed by atoms with Gasteiger partial charge in [0.25, 0.3) is 5.91 Å². The zero-order valence-corrected chi connectivity index (χ0v) is 16.5. The van der Waals surface area contributed by atoms with Crippen LogP contribution < -0.4 is 4.90 Å². The minimum absolute atomic E-state index is 0.140. The van der Waals surface area contributed by atoms with Gasteiger partial charge in [-0.2, -0.15) is 4.99 Å². The maximum Gasteiger partial charge on any atom is 0.286 e. The van der Waals surface area contributed by atoms with E-state index in [9.17, 15) is 4.79 Å². The van der Waals surface area contributed by atoms with Gasteiger partial charge in [-0.25, -0.2) is 0 Å². The van der Waals surface area contributed by atoms with Crippen molar-refractivity contribution in [1.29, 1.82) is 0 Å². The Labute approximate surface area is 165 Å². The first-order valence-corrected chi connectivity index (χ1v) is 10.1. The Morgan fingerprint density at radius 1 is 0.923 bits per heavy atom. The van der Waals surface area contributed by atoms with Crippen LogP contribution in [0.25, 0.3) is 6.08 Å². The van der Waals surface area contributed by atoms with Crippen LogP contribution >= 0.6 is 27.7 Å². The zero-order valence-electron chi connectivity index (χ0n) is 14.1. The molecular weight excluding hydrogens is 410 g/mol. The van der Waals surface area contributed by atoms with E-state index < -0.39 is 0 Å². The summed E-state index contributed by atoms with van der Waals surface area (Å²) in [5, 5.41) is 0.825. The van der Waals surface area contributed by atoms with Gasteiger partial charge in [-0.3, -0.25) is 4.79 Å². The predicted molar refractivity (Wildman–Crippen MR) is 112 cm³/mol. The number of piperazine rings is 1. The van der Waals surface area contributed by atoms with Gasteiger partial charge in [0, 0.05) is 36.3 Å². The van der Waals surface area contributed by atoms with Crippen LogP contribution in [0, 0.1) is 0 Å². The van der Waals surface area contributed by atoms with Gasteiger partial charge >= 0.3 is 0 Å². The first kappa shape index (κ1) is 17.4. The molecule has 2 aliphatic heterocycles. The lowest BCUT2D eigenvalue weighted by atomic mass is 10.2. The highest BCUT2D eigenvalue weighted by atomic mass is 79.9. The summed E-state index contributed by atoms with van der Waals surface area (Å²) < 4.78 is 1.03. The lowest BCUT2D eigenvalue weighted by Gasteiger charge is -2.36. The molecule has 132 valence electrons. The Bertz CT molecular complexity index is 856. The van der Waals surface area contributed by atoms with Crippen LogP contribution in [0.15, 0.2) is 69.0 Å². The Hall–Kier alpha value is -2.05. The summed E-state index contributed by atoms with van der Waals surface area (Å²) in [5.74, 6) is -0.140. The van der Waals surface area contributed by atoms with E-state index in [1.807, 2.05) is 36.4 Å². The number of hydrogen-bond donors (Lipinski definition) is 0. The van der Waals surface area contributed by atoms with E-state index in [-0.39, 0.29) is 5.91 Å². The number of hydrogen-bond acceptors (Lipinski definition) is 4. The number of rotatable bonds is 2. The number of anilines is 1. The molecule has 0 aliphatic carbocycles. The van der Waals surface area contributed by atoms with Crippen molar-refractivity contribution in [2.45, 2.75) is 0 Å². The van der Waals surface area contributed by atoms with E-state index in [4.69, 9.17) is 0 Å². The fourth-order valence-electron chi connectivity index (χ4n) is 3.04. The molecule has 0 aromatic heterocycles. The molecule has 4 nitrogen and oxygen atoms in total. The average Bonchev–Trinajstić information content (AvgIpc) is 3.05. The topological polar surface area (TPSA) is 35.9 Å². The number of benzene rings is 2. The Morgan fingerprint density at radius 2 is 1.58 bits per heavy atom. The summed E-state index contributed by atoms with van der Waals surface area (Å²) >= 11 is 4.91. The molecule has 0 saturated carbocycles. The number of para-hydroxylation sites is 1. The molecule has 0 N–H and O–H groups in total. The molecule has 1 fully saturated rings. The number of carbonyl (C=O) groups excluding carboxylic acids is 1. The smallest absolute Gasteiger partial charge is 0.286 e. The monoisotopic (exact) mass is 427 g/mol. The maximum atomic E-state index is 12.3. The first-order chi connectivity index (χ1) is 12.7. The van der Waals surface area contributed by atoms with Gasteiger partial charge in [0.15, 0.2) is 5.17 Å². The minimum atomic E-state index is -0.140. The molecule has 0 atom stereocenters. The molecule has 0 radical (unpaired) electrons. The third-order valence-corrected chi connectivity index (χ3v) is 6.02. The molecule has 6 heteroatoms. The van der Waals surface area contributed by atoms with E-state index in [1.165, 1.54) is 17.4 Å². The maximum absolute atomic E-state index is 12.3. The number of thioether (sulfide) groups is 1. The number of amidine groups is 1. The van der Waals surface area contributed by atoms with Gasteiger partial charge in [0.2, 0.25) is 0 Å². The molecule has 0 unspecified atom stereocenters. The summed E-state index contributed by atoms with van der Waals surface area (Å²) in [7, 11) is 0. The summed E-state index contributed by atoms with van der Waals surface area (Å²) in [6, 6.07) is 18.4. The van der Waals surface area contributed by atoms with Gasteiger partial charge in [-0.15, -0.1) is 0 Å². The number of aliphatic imine (C=N–C) groups is 1. The van der Waals surface area contributed by atoms with Crippen LogP contribution in [0.4, 0.5) is 5.69 Å². The van der Waals surface area contributed by atoms with Crippen molar-refractivity contribution in [3.05, 3.63) is 69.5 Å². The van der Waals surface area contributed by atoms with E-state index >= 15 is 0 Å². The second-order valence-electron chi connectivity index (χ2n) is 6.17. The van der Waals surface area contributed by atoms with Gasteiger partial charge in [0.1, 0.15) is 0 Å².